The summed E-state index contributed by atoms with van der Waals surface area (Å²) in [7, 11) is 0. The van der Waals surface area contributed by atoms with Crippen molar-refractivity contribution in [2.75, 3.05) is 0 Å². The van der Waals surface area contributed by atoms with Crippen molar-refractivity contribution in [3.8, 4) is 17.2 Å². The van der Waals surface area contributed by atoms with E-state index in [2.05, 4.69) is 21.4 Å². The fraction of sp³-hybridized carbons (Fsp3) is 0.0500. The van der Waals surface area contributed by atoms with Gasteiger partial charge in [0.25, 0.3) is 0 Å². The maximum absolute atomic E-state index is 8.91. The van der Waals surface area contributed by atoms with E-state index in [9.17, 15) is 0 Å². The number of aromatic nitrogens is 2. The molecule has 0 aliphatic heterocycles. The highest BCUT2D eigenvalue weighted by Crippen LogP contribution is 2.38. The van der Waals surface area contributed by atoms with Crippen LogP contribution in [-0.4, -0.2) is 9.97 Å². The van der Waals surface area contributed by atoms with E-state index >= 15 is 0 Å². The van der Waals surface area contributed by atoms with Gasteiger partial charge in [0, 0.05) is 21.7 Å². The van der Waals surface area contributed by atoms with E-state index in [1.807, 2.05) is 48.5 Å². The number of benzene rings is 2. The van der Waals surface area contributed by atoms with Crippen molar-refractivity contribution in [1.29, 1.82) is 5.26 Å². The predicted octanol–water partition coefficient (Wildman–Crippen LogP) is 6.18. The van der Waals surface area contributed by atoms with Crippen LogP contribution in [0.15, 0.2) is 65.3 Å². The summed E-state index contributed by atoms with van der Waals surface area (Å²) in [5.41, 5.74) is 4.07. The molecule has 0 aliphatic rings. The first-order valence-corrected chi connectivity index (χ1v) is 10.1. The minimum Gasteiger partial charge on any atom is -0.229 e. The Morgan fingerprint density at radius 1 is 1.04 bits per heavy atom. The second-order valence-electron chi connectivity index (χ2n) is 5.61. The quantitative estimate of drug-likeness (QED) is 0.307. The van der Waals surface area contributed by atoms with Gasteiger partial charge in [-0.15, -0.1) is 23.1 Å². The number of thiophene rings is 1. The molecule has 3 nitrogen and oxygen atoms in total. The molecule has 2 aromatic carbocycles. The van der Waals surface area contributed by atoms with Crippen LogP contribution in [0.3, 0.4) is 0 Å². The Balaban J connectivity index is 1.67. The number of halogens is 1. The number of hydrogen-bond acceptors (Lipinski definition) is 5. The second kappa shape index (κ2) is 7.46. The number of thioether (sulfide) groups is 1. The Morgan fingerprint density at radius 3 is 2.54 bits per heavy atom. The SMILES string of the molecule is N#Cc1ccc(CSc2ncnc3scc(-c4ccc(Cl)cc4)c23)cc1. The summed E-state index contributed by atoms with van der Waals surface area (Å²) in [5.74, 6) is 0.785. The average molecular weight is 394 g/mol. The molecule has 26 heavy (non-hydrogen) atoms. The third kappa shape index (κ3) is 3.45. The monoisotopic (exact) mass is 393 g/mol. The highest BCUT2D eigenvalue weighted by atomic mass is 35.5. The average Bonchev–Trinajstić information content (AvgIpc) is 3.12. The summed E-state index contributed by atoms with van der Waals surface area (Å²) in [6.45, 7) is 0. The van der Waals surface area contributed by atoms with Crippen LogP contribution in [0.25, 0.3) is 21.3 Å². The molecule has 0 amide bonds. The van der Waals surface area contributed by atoms with E-state index in [4.69, 9.17) is 16.9 Å². The predicted molar refractivity (Wildman–Crippen MR) is 109 cm³/mol. The molecule has 0 spiro atoms. The maximum atomic E-state index is 8.91. The van der Waals surface area contributed by atoms with Gasteiger partial charge in [-0.1, -0.05) is 35.9 Å². The Kier molecular flexibility index (Phi) is 4.89. The van der Waals surface area contributed by atoms with Crippen molar-refractivity contribution < 1.29 is 0 Å². The van der Waals surface area contributed by atoms with Crippen LogP contribution in [0.1, 0.15) is 11.1 Å². The zero-order valence-corrected chi connectivity index (χ0v) is 15.9. The zero-order valence-electron chi connectivity index (χ0n) is 13.5. The van der Waals surface area contributed by atoms with Crippen LogP contribution >= 0.6 is 34.7 Å². The highest BCUT2D eigenvalue weighted by molar-refractivity contribution is 7.98. The Bertz CT molecular complexity index is 1100. The Labute approximate surface area is 164 Å². The molecular formula is C20H12ClN3S2. The smallest absolute Gasteiger partial charge is 0.128 e. The summed E-state index contributed by atoms with van der Waals surface area (Å²) < 4.78 is 0. The third-order valence-electron chi connectivity index (χ3n) is 3.95. The van der Waals surface area contributed by atoms with E-state index in [0.29, 0.717) is 5.56 Å². The minimum absolute atomic E-state index is 0.672. The number of hydrogen-bond donors (Lipinski definition) is 0. The van der Waals surface area contributed by atoms with Crippen LogP contribution < -0.4 is 0 Å². The number of rotatable bonds is 4. The molecule has 0 saturated heterocycles. The van der Waals surface area contributed by atoms with Crippen molar-refractivity contribution in [2.45, 2.75) is 10.8 Å². The van der Waals surface area contributed by atoms with Crippen LogP contribution in [0.5, 0.6) is 0 Å². The molecule has 0 unspecified atom stereocenters. The summed E-state index contributed by atoms with van der Waals surface area (Å²) in [4.78, 5) is 9.91. The second-order valence-corrected chi connectivity index (χ2v) is 7.87. The molecule has 126 valence electrons. The molecule has 0 N–H and O–H groups in total. The molecule has 0 fully saturated rings. The molecular weight excluding hydrogens is 382 g/mol. The van der Waals surface area contributed by atoms with Gasteiger partial charge < -0.3 is 0 Å². The fourth-order valence-corrected chi connectivity index (χ4v) is 4.70. The summed E-state index contributed by atoms with van der Waals surface area (Å²) in [5, 5.41) is 13.8. The van der Waals surface area contributed by atoms with Crippen molar-refractivity contribution >= 4 is 44.9 Å². The van der Waals surface area contributed by atoms with Crippen molar-refractivity contribution in [2.24, 2.45) is 0 Å². The molecule has 0 aliphatic carbocycles. The lowest BCUT2D eigenvalue weighted by Gasteiger charge is -2.06. The maximum Gasteiger partial charge on any atom is 0.128 e. The number of nitriles is 1. The molecule has 6 heteroatoms. The van der Waals surface area contributed by atoms with E-state index < -0.39 is 0 Å². The van der Waals surface area contributed by atoms with Gasteiger partial charge in [0.15, 0.2) is 0 Å². The summed E-state index contributed by atoms with van der Waals surface area (Å²) >= 11 is 9.32. The highest BCUT2D eigenvalue weighted by Gasteiger charge is 2.13. The van der Waals surface area contributed by atoms with Gasteiger partial charge in [-0.3, -0.25) is 0 Å². The van der Waals surface area contributed by atoms with Gasteiger partial charge in [-0.2, -0.15) is 5.26 Å². The number of fused-ring (bicyclic) bond motifs is 1. The topological polar surface area (TPSA) is 49.6 Å². The normalized spacial score (nSPS) is 10.8. The first kappa shape index (κ1) is 17.0. The summed E-state index contributed by atoms with van der Waals surface area (Å²) in [6.07, 6.45) is 1.62. The first-order valence-electron chi connectivity index (χ1n) is 7.84. The molecule has 0 saturated carbocycles. The van der Waals surface area contributed by atoms with E-state index in [0.717, 1.165) is 42.7 Å². The molecule has 4 rings (SSSR count). The van der Waals surface area contributed by atoms with Gasteiger partial charge in [-0.05, 0) is 35.4 Å². The van der Waals surface area contributed by atoms with Crippen molar-refractivity contribution in [1.82, 2.24) is 9.97 Å². The van der Waals surface area contributed by atoms with Gasteiger partial charge >= 0.3 is 0 Å². The lowest BCUT2D eigenvalue weighted by atomic mass is 10.1. The van der Waals surface area contributed by atoms with Gasteiger partial charge in [0.1, 0.15) is 16.2 Å². The molecule has 2 heterocycles. The van der Waals surface area contributed by atoms with Gasteiger partial charge in [-0.25, -0.2) is 9.97 Å². The van der Waals surface area contributed by atoms with E-state index in [-0.39, 0.29) is 0 Å². The fourth-order valence-electron chi connectivity index (χ4n) is 2.63. The largest absolute Gasteiger partial charge is 0.229 e. The van der Waals surface area contributed by atoms with Gasteiger partial charge in [0.2, 0.25) is 0 Å². The lowest BCUT2D eigenvalue weighted by molar-refractivity contribution is 1.11. The Hall–Kier alpha value is -2.39. The molecule has 0 bridgehead atoms. The number of nitrogens with zero attached hydrogens (tertiary/aromatic N) is 3. The first-order chi connectivity index (χ1) is 12.7. The van der Waals surface area contributed by atoms with Crippen molar-refractivity contribution in [3.05, 3.63) is 76.4 Å². The standard InChI is InChI=1S/C20H12ClN3S2/c21-16-7-5-15(6-8-16)17-11-26-20-18(17)19(23-12-24-20)25-10-14-3-1-13(9-22)2-4-14/h1-8,11-12H,10H2. The molecule has 0 atom stereocenters. The van der Waals surface area contributed by atoms with Gasteiger partial charge in [0.05, 0.1) is 17.0 Å². The molecule has 4 aromatic rings. The van der Waals surface area contributed by atoms with E-state index in [1.54, 1.807) is 29.4 Å². The third-order valence-corrected chi connectivity index (χ3v) is 6.15. The molecule has 2 aromatic heterocycles. The van der Waals surface area contributed by atoms with Crippen molar-refractivity contribution in [3.63, 3.8) is 0 Å². The molecule has 0 radical (unpaired) electrons. The van der Waals surface area contributed by atoms with E-state index in [1.165, 1.54) is 0 Å². The zero-order chi connectivity index (χ0) is 17.9. The van der Waals surface area contributed by atoms with Crippen LogP contribution in [0.4, 0.5) is 0 Å². The summed E-state index contributed by atoms with van der Waals surface area (Å²) in [6, 6.07) is 17.6. The Morgan fingerprint density at radius 2 is 1.81 bits per heavy atom. The minimum atomic E-state index is 0.672. The van der Waals surface area contributed by atoms with Crippen LogP contribution in [-0.2, 0) is 5.75 Å². The van der Waals surface area contributed by atoms with Crippen LogP contribution in [0.2, 0.25) is 5.02 Å². The van der Waals surface area contributed by atoms with Crippen LogP contribution in [0, 0.1) is 11.3 Å². The lowest BCUT2D eigenvalue weighted by Crippen LogP contribution is -1.88.